The third-order valence-electron chi connectivity index (χ3n) is 2.83. The molecular formula is C16H18N2O2. The Morgan fingerprint density at radius 2 is 1.85 bits per heavy atom. The van der Waals surface area contributed by atoms with E-state index in [1.165, 1.54) is 6.20 Å². The van der Waals surface area contributed by atoms with Crippen molar-refractivity contribution in [1.82, 2.24) is 9.97 Å². The normalized spacial score (nSPS) is 11.3. The lowest BCUT2D eigenvalue weighted by Gasteiger charge is -2.16. The molecular weight excluding hydrogens is 252 g/mol. The number of nitrogens with one attached hydrogen (secondary N) is 1. The molecule has 1 aromatic carbocycles. The van der Waals surface area contributed by atoms with Gasteiger partial charge in [-0.2, -0.15) is 0 Å². The van der Waals surface area contributed by atoms with Crippen molar-refractivity contribution < 1.29 is 4.79 Å². The summed E-state index contributed by atoms with van der Waals surface area (Å²) in [5, 5.41) is 0. The van der Waals surface area contributed by atoms with Crippen LogP contribution in [0.2, 0.25) is 0 Å². The number of carbonyl (C=O) groups excluding carboxylic acids is 1. The van der Waals surface area contributed by atoms with Gasteiger partial charge >= 0.3 is 0 Å². The van der Waals surface area contributed by atoms with Crippen LogP contribution in [-0.4, -0.2) is 15.8 Å². The molecule has 0 aliphatic rings. The fourth-order valence-corrected chi connectivity index (χ4v) is 1.93. The first kappa shape index (κ1) is 14.2. The fraction of sp³-hybridized carbons (Fsp3) is 0.312. The predicted molar refractivity (Wildman–Crippen MR) is 78.7 cm³/mol. The van der Waals surface area contributed by atoms with Crippen LogP contribution < -0.4 is 5.56 Å². The van der Waals surface area contributed by atoms with Gasteiger partial charge in [-0.15, -0.1) is 0 Å². The third-order valence-corrected chi connectivity index (χ3v) is 2.83. The van der Waals surface area contributed by atoms with Crippen molar-refractivity contribution in [3.8, 4) is 11.3 Å². The molecule has 0 bridgehead atoms. The maximum Gasteiger partial charge on any atom is 0.278 e. The van der Waals surface area contributed by atoms with E-state index in [1.807, 2.05) is 51.1 Å². The number of hydrogen-bond donors (Lipinski definition) is 1. The van der Waals surface area contributed by atoms with Gasteiger partial charge in [0.05, 0.1) is 11.9 Å². The van der Waals surface area contributed by atoms with Crippen LogP contribution in [-0.2, 0) is 0 Å². The average molecular weight is 270 g/mol. The molecule has 0 radical (unpaired) electrons. The summed E-state index contributed by atoms with van der Waals surface area (Å²) in [7, 11) is 0. The van der Waals surface area contributed by atoms with Gasteiger partial charge in [0.15, 0.2) is 11.5 Å². The Bertz CT molecular complexity index is 667. The van der Waals surface area contributed by atoms with Crippen LogP contribution >= 0.6 is 0 Å². The van der Waals surface area contributed by atoms with E-state index in [4.69, 9.17) is 0 Å². The van der Waals surface area contributed by atoms with Crippen molar-refractivity contribution in [2.75, 3.05) is 0 Å². The van der Waals surface area contributed by atoms with Crippen LogP contribution in [0, 0.1) is 5.41 Å². The van der Waals surface area contributed by atoms with Gasteiger partial charge in [0.25, 0.3) is 5.56 Å². The lowest BCUT2D eigenvalue weighted by Crippen LogP contribution is -2.23. The summed E-state index contributed by atoms with van der Waals surface area (Å²) in [6, 6.07) is 9.42. The SMILES string of the molecule is CC(C)(C)CC(=O)c1ncc(-c2ccccc2)[nH]c1=O. The Kier molecular flexibility index (Phi) is 3.84. The molecule has 4 nitrogen and oxygen atoms in total. The molecule has 1 heterocycles. The van der Waals surface area contributed by atoms with Gasteiger partial charge in [0.1, 0.15) is 0 Å². The number of H-pyrrole nitrogens is 1. The molecule has 4 heteroatoms. The number of benzene rings is 1. The standard InChI is InChI=1S/C16H18N2O2/c1-16(2,3)9-13(19)14-15(20)18-12(10-17-14)11-7-5-4-6-8-11/h4-8,10H,9H2,1-3H3,(H,18,20). The maximum atomic E-state index is 12.0. The predicted octanol–water partition coefficient (Wildman–Crippen LogP) is 3.06. The molecule has 20 heavy (non-hydrogen) atoms. The fourth-order valence-electron chi connectivity index (χ4n) is 1.93. The number of carbonyl (C=O) groups is 1. The minimum absolute atomic E-state index is 0.0143. The molecule has 2 aromatic rings. The quantitative estimate of drug-likeness (QED) is 0.872. The number of ketones is 1. The highest BCUT2D eigenvalue weighted by atomic mass is 16.1. The zero-order valence-corrected chi connectivity index (χ0v) is 11.9. The Labute approximate surface area is 117 Å². The van der Waals surface area contributed by atoms with Crippen LogP contribution in [0.3, 0.4) is 0 Å². The van der Waals surface area contributed by atoms with Gasteiger partial charge in [-0.3, -0.25) is 9.59 Å². The summed E-state index contributed by atoms with van der Waals surface area (Å²) >= 11 is 0. The van der Waals surface area contributed by atoms with Crippen LogP contribution in [0.1, 0.15) is 37.7 Å². The topological polar surface area (TPSA) is 62.8 Å². The lowest BCUT2D eigenvalue weighted by molar-refractivity contribution is 0.0933. The minimum atomic E-state index is -0.430. The van der Waals surface area contributed by atoms with Gasteiger partial charge in [-0.05, 0) is 11.0 Å². The monoisotopic (exact) mass is 270 g/mol. The number of aromatic nitrogens is 2. The number of hydrogen-bond acceptors (Lipinski definition) is 3. The Morgan fingerprint density at radius 3 is 2.40 bits per heavy atom. The van der Waals surface area contributed by atoms with E-state index in [2.05, 4.69) is 9.97 Å². The second kappa shape index (κ2) is 5.41. The molecule has 0 aliphatic heterocycles. The first-order valence-corrected chi connectivity index (χ1v) is 6.55. The summed E-state index contributed by atoms with van der Waals surface area (Å²) in [4.78, 5) is 30.8. The molecule has 2 rings (SSSR count). The molecule has 104 valence electrons. The van der Waals surface area contributed by atoms with E-state index < -0.39 is 5.56 Å². The van der Waals surface area contributed by atoms with Crippen LogP contribution in [0.25, 0.3) is 11.3 Å². The van der Waals surface area contributed by atoms with Crippen LogP contribution in [0.15, 0.2) is 41.3 Å². The van der Waals surface area contributed by atoms with Gasteiger partial charge in [-0.25, -0.2) is 4.98 Å². The highest BCUT2D eigenvalue weighted by molar-refractivity contribution is 5.94. The van der Waals surface area contributed by atoms with E-state index in [9.17, 15) is 9.59 Å². The van der Waals surface area contributed by atoms with Crippen molar-refractivity contribution >= 4 is 5.78 Å². The summed E-state index contributed by atoms with van der Waals surface area (Å²) in [5.41, 5.74) is 0.874. The van der Waals surface area contributed by atoms with E-state index >= 15 is 0 Å². The first-order valence-electron chi connectivity index (χ1n) is 6.55. The van der Waals surface area contributed by atoms with Crippen molar-refractivity contribution in [3.63, 3.8) is 0 Å². The molecule has 0 spiro atoms. The summed E-state index contributed by atoms with van der Waals surface area (Å²) < 4.78 is 0. The van der Waals surface area contributed by atoms with E-state index in [1.54, 1.807) is 0 Å². The Morgan fingerprint density at radius 1 is 1.20 bits per heavy atom. The second-order valence-electron chi connectivity index (χ2n) is 6.00. The molecule has 0 saturated carbocycles. The maximum absolute atomic E-state index is 12.0. The third kappa shape index (κ3) is 3.41. The second-order valence-corrected chi connectivity index (χ2v) is 6.00. The number of aromatic amines is 1. The van der Waals surface area contributed by atoms with Crippen molar-refractivity contribution in [3.05, 3.63) is 52.6 Å². The summed E-state index contributed by atoms with van der Waals surface area (Å²) in [6.07, 6.45) is 1.83. The molecule has 0 fully saturated rings. The molecule has 0 atom stereocenters. The molecule has 0 saturated heterocycles. The summed E-state index contributed by atoms with van der Waals surface area (Å²) in [6.45, 7) is 5.87. The smallest absolute Gasteiger partial charge is 0.278 e. The molecule has 1 aromatic heterocycles. The van der Waals surface area contributed by atoms with Gasteiger partial charge in [0, 0.05) is 6.42 Å². The Hall–Kier alpha value is -2.23. The number of Topliss-reactive ketones (excluding diaryl/α,β-unsaturated/α-hetero) is 1. The van der Waals surface area contributed by atoms with Gasteiger partial charge in [0.2, 0.25) is 0 Å². The molecule has 0 amide bonds. The van der Waals surface area contributed by atoms with Gasteiger partial charge < -0.3 is 4.98 Å². The zero-order valence-electron chi connectivity index (χ0n) is 11.9. The number of rotatable bonds is 3. The van der Waals surface area contributed by atoms with Crippen molar-refractivity contribution in [2.45, 2.75) is 27.2 Å². The largest absolute Gasteiger partial charge is 0.319 e. The minimum Gasteiger partial charge on any atom is -0.319 e. The Balaban J connectivity index is 2.32. The van der Waals surface area contributed by atoms with Gasteiger partial charge in [-0.1, -0.05) is 51.1 Å². The van der Waals surface area contributed by atoms with Crippen LogP contribution in [0.4, 0.5) is 0 Å². The van der Waals surface area contributed by atoms with E-state index in [0.29, 0.717) is 12.1 Å². The highest BCUT2D eigenvalue weighted by Gasteiger charge is 2.20. The first-order chi connectivity index (χ1) is 9.37. The number of nitrogens with zero attached hydrogens (tertiary/aromatic N) is 1. The average Bonchev–Trinajstić information content (AvgIpc) is 2.37. The summed E-state index contributed by atoms with van der Waals surface area (Å²) in [5.74, 6) is -0.224. The van der Waals surface area contributed by atoms with E-state index in [0.717, 1.165) is 5.56 Å². The lowest BCUT2D eigenvalue weighted by atomic mass is 9.89. The molecule has 0 aliphatic carbocycles. The molecule has 0 unspecified atom stereocenters. The highest BCUT2D eigenvalue weighted by Crippen LogP contribution is 2.20. The molecule has 1 N–H and O–H groups in total. The zero-order chi connectivity index (χ0) is 14.8. The van der Waals surface area contributed by atoms with Crippen molar-refractivity contribution in [1.29, 1.82) is 0 Å². The van der Waals surface area contributed by atoms with Crippen molar-refractivity contribution in [2.24, 2.45) is 5.41 Å². The van der Waals surface area contributed by atoms with Crippen LogP contribution in [0.5, 0.6) is 0 Å². The van der Waals surface area contributed by atoms with E-state index in [-0.39, 0.29) is 16.9 Å².